The van der Waals surface area contributed by atoms with Crippen LogP contribution in [0.25, 0.3) is 0 Å². The highest BCUT2D eigenvalue weighted by Gasteiger charge is 2.19. The summed E-state index contributed by atoms with van der Waals surface area (Å²) in [5.41, 5.74) is 1.21. The van der Waals surface area contributed by atoms with Crippen LogP contribution in [0.1, 0.15) is 54.6 Å². The second-order valence-corrected chi connectivity index (χ2v) is 6.54. The Morgan fingerprint density at radius 1 is 1.24 bits per heavy atom. The van der Waals surface area contributed by atoms with Crippen molar-refractivity contribution in [3.63, 3.8) is 0 Å². The summed E-state index contributed by atoms with van der Waals surface area (Å²) in [6, 6.07) is 0.736. The molecule has 0 aromatic carbocycles. The molecule has 96 valence electrons. The summed E-state index contributed by atoms with van der Waals surface area (Å²) in [6.07, 6.45) is 6.90. The maximum absolute atomic E-state index is 4.48. The third kappa shape index (κ3) is 3.52. The molecule has 2 rings (SSSR count). The molecular weight excluding hydrogens is 228 g/mol. The van der Waals surface area contributed by atoms with Crippen molar-refractivity contribution < 1.29 is 0 Å². The Morgan fingerprint density at radius 2 is 1.94 bits per heavy atom. The minimum Gasteiger partial charge on any atom is -0.309 e. The topological polar surface area (TPSA) is 24.9 Å². The number of nitrogens with one attached hydrogen (secondary N) is 1. The third-order valence-electron chi connectivity index (χ3n) is 3.97. The quantitative estimate of drug-likeness (QED) is 0.881. The largest absolute Gasteiger partial charge is 0.309 e. The average molecular weight is 252 g/mol. The van der Waals surface area contributed by atoms with Gasteiger partial charge in [0, 0.05) is 17.5 Å². The molecule has 0 aliphatic heterocycles. The standard InChI is InChI=1S/C14H24N2S/c1-4-12-5-7-13(8-6-12)15-9-14-10(2)16-11(3)17-14/h12-13,15H,4-9H2,1-3H3. The van der Waals surface area contributed by atoms with Crippen LogP contribution in [0, 0.1) is 19.8 Å². The molecule has 1 aliphatic carbocycles. The summed E-state index contributed by atoms with van der Waals surface area (Å²) in [7, 11) is 0. The first-order chi connectivity index (χ1) is 8.19. The van der Waals surface area contributed by atoms with E-state index < -0.39 is 0 Å². The van der Waals surface area contributed by atoms with Gasteiger partial charge in [-0.2, -0.15) is 0 Å². The summed E-state index contributed by atoms with van der Waals surface area (Å²) >= 11 is 1.83. The van der Waals surface area contributed by atoms with Crippen LogP contribution in [-0.4, -0.2) is 11.0 Å². The lowest BCUT2D eigenvalue weighted by Gasteiger charge is -2.28. The smallest absolute Gasteiger partial charge is 0.0900 e. The zero-order chi connectivity index (χ0) is 12.3. The molecule has 0 atom stereocenters. The number of hydrogen-bond donors (Lipinski definition) is 1. The molecule has 17 heavy (non-hydrogen) atoms. The van der Waals surface area contributed by atoms with E-state index in [0.29, 0.717) is 0 Å². The molecule has 0 unspecified atom stereocenters. The number of nitrogens with zero attached hydrogens (tertiary/aromatic N) is 1. The van der Waals surface area contributed by atoms with Gasteiger partial charge in [0.05, 0.1) is 10.7 Å². The van der Waals surface area contributed by atoms with E-state index >= 15 is 0 Å². The zero-order valence-electron chi connectivity index (χ0n) is 11.3. The highest BCUT2D eigenvalue weighted by molar-refractivity contribution is 7.11. The lowest BCUT2D eigenvalue weighted by molar-refractivity contribution is 0.285. The van der Waals surface area contributed by atoms with Crippen LogP contribution < -0.4 is 5.32 Å². The first-order valence-corrected chi connectivity index (χ1v) is 7.67. The number of aryl methyl sites for hydroxylation is 2. The molecule has 1 fully saturated rings. The van der Waals surface area contributed by atoms with Gasteiger partial charge in [-0.15, -0.1) is 11.3 Å². The molecule has 1 aromatic heterocycles. The Morgan fingerprint density at radius 3 is 2.47 bits per heavy atom. The Hall–Kier alpha value is -0.410. The molecule has 1 aromatic rings. The zero-order valence-corrected chi connectivity index (χ0v) is 12.1. The predicted molar refractivity (Wildman–Crippen MR) is 74.5 cm³/mol. The normalized spacial score (nSPS) is 25.1. The second-order valence-electron chi connectivity index (χ2n) is 5.25. The van der Waals surface area contributed by atoms with Crippen LogP contribution in [0.2, 0.25) is 0 Å². The highest BCUT2D eigenvalue weighted by atomic mass is 32.1. The van der Waals surface area contributed by atoms with Gasteiger partial charge < -0.3 is 5.32 Å². The first-order valence-electron chi connectivity index (χ1n) is 6.85. The van der Waals surface area contributed by atoms with Crippen LogP contribution in [0.3, 0.4) is 0 Å². The van der Waals surface area contributed by atoms with E-state index in [2.05, 4.69) is 31.1 Å². The molecule has 1 saturated carbocycles. The van der Waals surface area contributed by atoms with Gasteiger partial charge in [0.25, 0.3) is 0 Å². The fourth-order valence-corrected chi connectivity index (χ4v) is 3.64. The molecule has 0 radical (unpaired) electrons. The van der Waals surface area contributed by atoms with Gasteiger partial charge in [-0.25, -0.2) is 4.98 Å². The lowest BCUT2D eigenvalue weighted by Crippen LogP contribution is -2.32. The van der Waals surface area contributed by atoms with Crippen molar-refractivity contribution >= 4 is 11.3 Å². The van der Waals surface area contributed by atoms with E-state index in [1.54, 1.807) is 0 Å². The van der Waals surface area contributed by atoms with Crippen molar-refractivity contribution in [2.45, 2.75) is 65.5 Å². The predicted octanol–water partition coefficient (Wildman–Crippen LogP) is 3.82. The summed E-state index contributed by atoms with van der Waals surface area (Å²) in [4.78, 5) is 5.90. The molecule has 0 amide bonds. The fraction of sp³-hybridized carbons (Fsp3) is 0.786. The number of hydrogen-bond acceptors (Lipinski definition) is 3. The summed E-state index contributed by atoms with van der Waals surface area (Å²) in [5.74, 6) is 0.987. The van der Waals surface area contributed by atoms with Crippen molar-refractivity contribution in [2.24, 2.45) is 5.92 Å². The van der Waals surface area contributed by atoms with E-state index in [0.717, 1.165) is 18.5 Å². The van der Waals surface area contributed by atoms with Crippen molar-refractivity contribution in [1.82, 2.24) is 10.3 Å². The maximum atomic E-state index is 4.48. The monoisotopic (exact) mass is 252 g/mol. The van der Waals surface area contributed by atoms with E-state index in [1.807, 2.05) is 11.3 Å². The molecular formula is C14H24N2S. The van der Waals surface area contributed by atoms with Crippen LogP contribution in [-0.2, 0) is 6.54 Å². The van der Waals surface area contributed by atoms with E-state index in [9.17, 15) is 0 Å². The van der Waals surface area contributed by atoms with Crippen molar-refractivity contribution in [3.05, 3.63) is 15.6 Å². The first kappa shape index (κ1) is 13.0. The SMILES string of the molecule is CCC1CCC(NCc2sc(C)nc2C)CC1. The Kier molecular flexibility index (Phi) is 4.57. The minimum atomic E-state index is 0.736. The third-order valence-corrected chi connectivity index (χ3v) is 5.05. The van der Waals surface area contributed by atoms with Gasteiger partial charge >= 0.3 is 0 Å². The number of aromatic nitrogens is 1. The average Bonchev–Trinajstić information content (AvgIpc) is 2.66. The van der Waals surface area contributed by atoms with E-state index in [4.69, 9.17) is 0 Å². The van der Waals surface area contributed by atoms with Gasteiger partial charge in [0.1, 0.15) is 0 Å². The number of rotatable bonds is 4. The maximum Gasteiger partial charge on any atom is 0.0900 e. The van der Waals surface area contributed by atoms with Crippen molar-refractivity contribution in [2.75, 3.05) is 0 Å². The van der Waals surface area contributed by atoms with Gasteiger partial charge in [-0.3, -0.25) is 0 Å². The molecule has 1 heterocycles. The van der Waals surface area contributed by atoms with Crippen molar-refractivity contribution in [3.8, 4) is 0 Å². The molecule has 1 N–H and O–H groups in total. The van der Waals surface area contributed by atoms with Gasteiger partial charge in [0.15, 0.2) is 0 Å². The number of thiazole rings is 1. The van der Waals surface area contributed by atoms with Crippen LogP contribution in [0.5, 0.6) is 0 Å². The molecule has 0 spiro atoms. The van der Waals surface area contributed by atoms with Gasteiger partial charge in [0.2, 0.25) is 0 Å². The van der Waals surface area contributed by atoms with E-state index in [1.165, 1.54) is 47.7 Å². The Bertz CT molecular complexity index is 351. The molecule has 2 nitrogen and oxygen atoms in total. The highest BCUT2D eigenvalue weighted by Crippen LogP contribution is 2.27. The van der Waals surface area contributed by atoms with Crippen LogP contribution in [0.15, 0.2) is 0 Å². The van der Waals surface area contributed by atoms with Crippen molar-refractivity contribution in [1.29, 1.82) is 0 Å². The summed E-state index contributed by atoms with van der Waals surface area (Å²) in [5, 5.41) is 4.90. The van der Waals surface area contributed by atoms with Gasteiger partial charge in [-0.1, -0.05) is 13.3 Å². The van der Waals surface area contributed by atoms with Crippen LogP contribution in [0.4, 0.5) is 0 Å². The molecule has 3 heteroatoms. The Labute approximate surface area is 109 Å². The van der Waals surface area contributed by atoms with Crippen LogP contribution >= 0.6 is 11.3 Å². The summed E-state index contributed by atoms with van der Waals surface area (Å²) in [6.45, 7) is 7.54. The Balaban J connectivity index is 1.77. The fourth-order valence-electron chi connectivity index (χ4n) is 2.75. The van der Waals surface area contributed by atoms with Gasteiger partial charge in [-0.05, 0) is 45.4 Å². The van der Waals surface area contributed by atoms with E-state index in [-0.39, 0.29) is 0 Å². The molecule has 1 aliphatic rings. The lowest BCUT2D eigenvalue weighted by atomic mass is 9.84. The molecule has 0 saturated heterocycles. The summed E-state index contributed by atoms with van der Waals surface area (Å²) < 4.78 is 0. The molecule has 0 bridgehead atoms. The minimum absolute atomic E-state index is 0.736. The second kappa shape index (κ2) is 5.96.